The number of carbonyl (C=O) groups excluding carboxylic acids is 4. The SMILES string of the molecule is CC(C)CC(NC(=O)C(N)CC(N)=O)C(=O)NC(CCCCN)C(=O)NC(C(=O)O)C(C)C. The van der Waals surface area contributed by atoms with E-state index < -0.39 is 53.8 Å². The summed E-state index contributed by atoms with van der Waals surface area (Å²) in [6.45, 7) is 7.41. The van der Waals surface area contributed by atoms with Crippen molar-refractivity contribution < 1.29 is 29.1 Å². The molecule has 0 rings (SSSR count). The quantitative estimate of drug-likeness (QED) is 0.131. The molecule has 0 saturated heterocycles. The van der Waals surface area contributed by atoms with Gasteiger partial charge in [0.05, 0.1) is 12.5 Å². The van der Waals surface area contributed by atoms with Gasteiger partial charge in [-0.25, -0.2) is 4.79 Å². The largest absolute Gasteiger partial charge is 0.480 e. The fourth-order valence-corrected chi connectivity index (χ4v) is 3.09. The zero-order valence-electron chi connectivity index (χ0n) is 19.9. The fourth-order valence-electron chi connectivity index (χ4n) is 3.09. The minimum atomic E-state index is -1.21. The second kappa shape index (κ2) is 15.2. The molecule has 12 nitrogen and oxygen atoms in total. The Hall–Kier alpha value is -2.73. The van der Waals surface area contributed by atoms with Crippen molar-refractivity contribution in [2.45, 2.75) is 84.0 Å². The van der Waals surface area contributed by atoms with Gasteiger partial charge in [-0.1, -0.05) is 27.7 Å². The molecule has 10 N–H and O–H groups in total. The molecule has 0 bridgehead atoms. The number of carboxylic acid groups (broad SMARTS) is 1. The first-order chi connectivity index (χ1) is 15.3. The molecule has 12 heteroatoms. The van der Waals surface area contributed by atoms with Gasteiger partial charge < -0.3 is 38.3 Å². The van der Waals surface area contributed by atoms with Gasteiger partial charge in [-0.05, 0) is 44.1 Å². The van der Waals surface area contributed by atoms with Crippen LogP contribution in [0.15, 0.2) is 0 Å². The van der Waals surface area contributed by atoms with Crippen molar-refractivity contribution in [2.75, 3.05) is 6.54 Å². The lowest BCUT2D eigenvalue weighted by Crippen LogP contribution is -2.58. The predicted molar refractivity (Wildman–Crippen MR) is 122 cm³/mol. The van der Waals surface area contributed by atoms with Gasteiger partial charge in [-0.3, -0.25) is 19.2 Å². The Balaban J connectivity index is 5.51. The summed E-state index contributed by atoms with van der Waals surface area (Å²) in [5.41, 5.74) is 16.2. The number of carboxylic acids is 1. The van der Waals surface area contributed by atoms with E-state index >= 15 is 0 Å². The number of nitrogens with one attached hydrogen (secondary N) is 3. The fraction of sp³-hybridized carbons (Fsp3) is 0.762. The smallest absolute Gasteiger partial charge is 0.326 e. The van der Waals surface area contributed by atoms with Crippen LogP contribution in [0.4, 0.5) is 0 Å². The summed E-state index contributed by atoms with van der Waals surface area (Å²) < 4.78 is 0. The normalized spacial score (nSPS) is 14.8. The van der Waals surface area contributed by atoms with Crippen LogP contribution in [0.1, 0.15) is 59.8 Å². The van der Waals surface area contributed by atoms with Gasteiger partial charge >= 0.3 is 5.97 Å². The Kier molecular flexibility index (Phi) is 13.9. The van der Waals surface area contributed by atoms with Crippen LogP contribution in [0.2, 0.25) is 0 Å². The third-order valence-corrected chi connectivity index (χ3v) is 4.91. The maximum atomic E-state index is 13.0. The zero-order chi connectivity index (χ0) is 25.7. The summed E-state index contributed by atoms with van der Waals surface area (Å²) in [5, 5.41) is 17.0. The topological polar surface area (TPSA) is 220 Å². The number of hydrogen-bond donors (Lipinski definition) is 7. The van der Waals surface area contributed by atoms with Gasteiger partial charge in [0, 0.05) is 0 Å². The van der Waals surface area contributed by atoms with E-state index in [1.54, 1.807) is 13.8 Å². The number of primary amides is 1. The molecule has 0 aliphatic rings. The summed E-state index contributed by atoms with van der Waals surface area (Å²) in [6, 6.07) is -4.36. The van der Waals surface area contributed by atoms with Crippen LogP contribution in [0, 0.1) is 11.8 Å². The molecule has 190 valence electrons. The van der Waals surface area contributed by atoms with Crippen LogP contribution < -0.4 is 33.2 Å². The van der Waals surface area contributed by atoms with Crippen molar-refractivity contribution in [3.05, 3.63) is 0 Å². The Morgan fingerprint density at radius 3 is 1.85 bits per heavy atom. The van der Waals surface area contributed by atoms with Crippen molar-refractivity contribution in [3.8, 4) is 0 Å². The van der Waals surface area contributed by atoms with E-state index in [2.05, 4.69) is 16.0 Å². The molecule has 4 atom stereocenters. The number of hydrogen-bond acceptors (Lipinski definition) is 7. The Morgan fingerprint density at radius 2 is 1.39 bits per heavy atom. The Labute approximate surface area is 194 Å². The third-order valence-electron chi connectivity index (χ3n) is 4.91. The van der Waals surface area contributed by atoms with E-state index in [0.717, 1.165) is 0 Å². The maximum absolute atomic E-state index is 13.0. The third kappa shape index (κ3) is 12.2. The molecule has 0 aromatic heterocycles. The van der Waals surface area contributed by atoms with Gasteiger partial charge in [0.1, 0.15) is 18.1 Å². The minimum Gasteiger partial charge on any atom is -0.480 e. The molecular formula is C21H40N6O6. The van der Waals surface area contributed by atoms with Crippen LogP contribution in [-0.4, -0.2) is 65.4 Å². The second-order valence-electron chi connectivity index (χ2n) is 8.88. The van der Waals surface area contributed by atoms with E-state index in [4.69, 9.17) is 17.2 Å². The van der Waals surface area contributed by atoms with Crippen molar-refractivity contribution in [1.82, 2.24) is 16.0 Å². The first-order valence-electron chi connectivity index (χ1n) is 11.2. The minimum absolute atomic E-state index is 0.00950. The zero-order valence-corrected chi connectivity index (χ0v) is 19.9. The van der Waals surface area contributed by atoms with Crippen molar-refractivity contribution >= 4 is 29.6 Å². The van der Waals surface area contributed by atoms with Crippen LogP contribution in [-0.2, 0) is 24.0 Å². The molecule has 33 heavy (non-hydrogen) atoms. The molecule has 0 heterocycles. The highest BCUT2D eigenvalue weighted by atomic mass is 16.4. The predicted octanol–water partition coefficient (Wildman–Crippen LogP) is -1.44. The highest BCUT2D eigenvalue weighted by molar-refractivity contribution is 5.95. The van der Waals surface area contributed by atoms with Crippen molar-refractivity contribution in [1.29, 1.82) is 0 Å². The summed E-state index contributed by atoms with van der Waals surface area (Å²) in [6.07, 6.45) is 1.25. The average molecular weight is 473 g/mol. The molecule has 0 fully saturated rings. The van der Waals surface area contributed by atoms with Gasteiger partial charge in [0.2, 0.25) is 23.6 Å². The molecule has 0 aliphatic carbocycles. The number of aliphatic carboxylic acids is 1. The molecule has 0 spiro atoms. The van der Waals surface area contributed by atoms with E-state index in [1.807, 2.05) is 13.8 Å². The molecule has 0 aromatic rings. The lowest BCUT2D eigenvalue weighted by Gasteiger charge is -2.26. The van der Waals surface area contributed by atoms with Gasteiger partial charge in [0.15, 0.2) is 0 Å². The summed E-state index contributed by atoms with van der Waals surface area (Å²) in [4.78, 5) is 60.6. The van der Waals surface area contributed by atoms with Crippen LogP contribution in [0.3, 0.4) is 0 Å². The summed E-state index contributed by atoms with van der Waals surface area (Å²) in [7, 11) is 0. The standard InChI is InChI=1S/C21H40N6O6/c1-11(2)9-15(26-18(29)13(23)10-16(24)28)20(31)25-14(7-5-6-8-22)19(30)27-17(12(3)4)21(32)33/h11-15,17H,5-10,22-23H2,1-4H3,(H2,24,28)(H,25,31)(H,26,29)(H,27,30)(H,32,33). The first-order valence-corrected chi connectivity index (χ1v) is 11.2. The van der Waals surface area contributed by atoms with Crippen LogP contribution in [0.5, 0.6) is 0 Å². The molecule has 0 saturated carbocycles. The van der Waals surface area contributed by atoms with E-state index in [1.165, 1.54) is 0 Å². The summed E-state index contributed by atoms with van der Waals surface area (Å²) >= 11 is 0. The molecule has 0 aliphatic heterocycles. The summed E-state index contributed by atoms with van der Waals surface area (Å²) in [5.74, 6) is -4.27. The van der Waals surface area contributed by atoms with Crippen LogP contribution in [0.25, 0.3) is 0 Å². The number of nitrogens with two attached hydrogens (primary N) is 3. The second-order valence-corrected chi connectivity index (χ2v) is 8.88. The number of carbonyl (C=O) groups is 5. The highest BCUT2D eigenvalue weighted by Crippen LogP contribution is 2.09. The monoisotopic (exact) mass is 472 g/mol. The molecular weight excluding hydrogens is 432 g/mol. The lowest BCUT2D eigenvalue weighted by molar-refractivity contribution is -0.143. The number of amides is 4. The maximum Gasteiger partial charge on any atom is 0.326 e. The number of rotatable bonds is 16. The lowest BCUT2D eigenvalue weighted by atomic mass is 10.0. The molecule has 4 amide bonds. The number of unbranched alkanes of at least 4 members (excludes halogenated alkanes) is 1. The van der Waals surface area contributed by atoms with Crippen molar-refractivity contribution in [3.63, 3.8) is 0 Å². The van der Waals surface area contributed by atoms with Crippen LogP contribution >= 0.6 is 0 Å². The van der Waals surface area contributed by atoms with Gasteiger partial charge in [0.25, 0.3) is 0 Å². The van der Waals surface area contributed by atoms with Crippen molar-refractivity contribution in [2.24, 2.45) is 29.0 Å². The Bertz CT molecular complexity index is 684. The van der Waals surface area contributed by atoms with E-state index in [9.17, 15) is 29.1 Å². The highest BCUT2D eigenvalue weighted by Gasteiger charge is 2.31. The Morgan fingerprint density at radius 1 is 0.848 bits per heavy atom. The molecule has 0 aromatic carbocycles. The average Bonchev–Trinajstić information content (AvgIpc) is 2.69. The van der Waals surface area contributed by atoms with Gasteiger partial charge in [-0.2, -0.15) is 0 Å². The van der Waals surface area contributed by atoms with E-state index in [-0.39, 0.29) is 31.1 Å². The molecule has 0 radical (unpaired) electrons. The van der Waals surface area contributed by atoms with E-state index in [0.29, 0.717) is 19.4 Å². The first kappa shape index (κ1) is 30.3. The van der Waals surface area contributed by atoms with Gasteiger partial charge in [-0.15, -0.1) is 0 Å². The molecule has 4 unspecified atom stereocenters.